The minimum atomic E-state index is -5.00. The van der Waals surface area contributed by atoms with Gasteiger partial charge in [0, 0.05) is 12.5 Å². The number of rotatable bonds is 10. The van der Waals surface area contributed by atoms with Gasteiger partial charge in [0.1, 0.15) is 29.0 Å². The van der Waals surface area contributed by atoms with Crippen LogP contribution in [-0.4, -0.2) is 30.0 Å². The molecule has 1 aliphatic rings. The molecule has 0 aliphatic heterocycles. The molecule has 13 heteroatoms. The van der Waals surface area contributed by atoms with E-state index < -0.39 is 52.9 Å². The summed E-state index contributed by atoms with van der Waals surface area (Å²) in [5.74, 6) is -6.90. The van der Waals surface area contributed by atoms with E-state index >= 15 is 0 Å². The first-order valence-corrected chi connectivity index (χ1v) is 12.1. The molecule has 1 atom stereocenters. The van der Waals surface area contributed by atoms with Crippen molar-refractivity contribution in [3.8, 4) is 11.8 Å². The number of urea groups is 1. The highest BCUT2D eigenvalue weighted by Gasteiger charge is 2.64. The van der Waals surface area contributed by atoms with Crippen LogP contribution in [0.4, 0.5) is 39.9 Å². The van der Waals surface area contributed by atoms with E-state index in [0.29, 0.717) is 11.6 Å². The van der Waals surface area contributed by atoms with Crippen molar-refractivity contribution in [2.75, 3.05) is 0 Å². The number of halogens is 8. The van der Waals surface area contributed by atoms with Gasteiger partial charge >= 0.3 is 24.5 Å². The van der Waals surface area contributed by atoms with Gasteiger partial charge in [0.15, 0.2) is 0 Å². The molecule has 2 amide bonds. The van der Waals surface area contributed by atoms with Gasteiger partial charge in [-0.05, 0) is 53.8 Å². The first-order chi connectivity index (χ1) is 19.2. The van der Waals surface area contributed by atoms with Crippen molar-refractivity contribution in [3.05, 3.63) is 101 Å². The molecule has 0 unspecified atom stereocenters. The summed E-state index contributed by atoms with van der Waals surface area (Å²) in [6.45, 7) is 0. The number of carbonyl (C=O) groups is 1. The third kappa shape index (κ3) is 6.21. The van der Waals surface area contributed by atoms with Gasteiger partial charge in [-0.1, -0.05) is 42.5 Å². The summed E-state index contributed by atoms with van der Waals surface area (Å²) in [6, 6.07) is 14.0. The minimum Gasteiger partial charge on any atom is -0.428 e. The van der Waals surface area contributed by atoms with Crippen molar-refractivity contribution in [2.24, 2.45) is 0 Å². The summed E-state index contributed by atoms with van der Waals surface area (Å²) in [6.07, 6.45) is -10.0. The van der Waals surface area contributed by atoms with Gasteiger partial charge in [-0.3, -0.25) is 0 Å². The summed E-state index contributed by atoms with van der Waals surface area (Å²) in [7, 11) is 0. The van der Waals surface area contributed by atoms with Crippen LogP contribution in [0.2, 0.25) is 0 Å². The number of nitrogens with zero attached hydrogens (tertiary/aromatic N) is 1. The summed E-state index contributed by atoms with van der Waals surface area (Å²) >= 11 is 0. The van der Waals surface area contributed by atoms with Crippen molar-refractivity contribution >= 4 is 6.03 Å². The normalized spacial score (nSPS) is 15.9. The maximum Gasteiger partial charge on any atom is 0.461 e. The lowest BCUT2D eigenvalue weighted by atomic mass is 9.77. The maximum absolute atomic E-state index is 14.8. The van der Waals surface area contributed by atoms with Crippen molar-refractivity contribution in [3.63, 3.8) is 0 Å². The molecule has 1 saturated carbocycles. The van der Waals surface area contributed by atoms with Gasteiger partial charge < -0.3 is 15.4 Å². The van der Waals surface area contributed by atoms with Gasteiger partial charge in [0.25, 0.3) is 0 Å². The van der Waals surface area contributed by atoms with Crippen molar-refractivity contribution in [1.29, 1.82) is 5.26 Å². The lowest BCUT2D eigenvalue weighted by molar-refractivity contribution is -0.253. The Balaban J connectivity index is 1.88. The molecule has 0 bridgehead atoms. The van der Waals surface area contributed by atoms with Crippen LogP contribution in [0.1, 0.15) is 29.5 Å². The molecule has 1 fully saturated rings. The fourth-order valence-electron chi connectivity index (χ4n) is 4.46. The van der Waals surface area contributed by atoms with E-state index in [2.05, 4.69) is 15.4 Å². The molecule has 0 spiro atoms. The second-order valence-corrected chi connectivity index (χ2v) is 9.56. The standard InChI is InChI=1S/C28H21F8N3O2/c29-20-8-6-18(7-9-20)26(15-17-4-2-1-3-5-17,39-24(40)38-25(10-11-25)27(33,34)16-37)19-12-21(30)14-22(13-19)41-28(35,36)23(31)32/h1-9,12-14,23H,10-11,15H2,(H2,38,39,40)/t26-/m1/s1. The van der Waals surface area contributed by atoms with Crippen LogP contribution in [0, 0.1) is 23.0 Å². The Morgan fingerprint density at radius 1 is 0.927 bits per heavy atom. The van der Waals surface area contributed by atoms with Crippen LogP contribution < -0.4 is 15.4 Å². The Labute approximate surface area is 228 Å². The van der Waals surface area contributed by atoms with Gasteiger partial charge in [-0.25, -0.2) is 13.6 Å². The predicted molar refractivity (Wildman–Crippen MR) is 129 cm³/mol. The van der Waals surface area contributed by atoms with Crippen LogP contribution >= 0.6 is 0 Å². The zero-order valence-corrected chi connectivity index (χ0v) is 20.9. The van der Waals surface area contributed by atoms with Gasteiger partial charge in [-0.2, -0.15) is 31.6 Å². The molecule has 0 radical (unpaired) electrons. The molecular weight excluding hydrogens is 562 g/mol. The van der Waals surface area contributed by atoms with E-state index in [1.165, 1.54) is 12.1 Å². The Morgan fingerprint density at radius 3 is 2.12 bits per heavy atom. The number of hydrogen-bond donors (Lipinski definition) is 2. The molecule has 3 aromatic rings. The summed E-state index contributed by atoms with van der Waals surface area (Å²) in [5.41, 5.74) is -3.99. The van der Waals surface area contributed by atoms with Crippen molar-refractivity contribution in [1.82, 2.24) is 10.6 Å². The average molecular weight is 583 g/mol. The molecule has 0 saturated heterocycles. The molecule has 3 aromatic carbocycles. The van der Waals surface area contributed by atoms with E-state index in [9.17, 15) is 39.9 Å². The van der Waals surface area contributed by atoms with Gasteiger partial charge in [0.05, 0.1) is 5.54 Å². The van der Waals surface area contributed by atoms with Crippen molar-refractivity contribution < 1.29 is 44.7 Å². The first kappa shape index (κ1) is 29.6. The SMILES string of the molecule is N#CC(F)(F)C1(NC(=O)N[C@](Cc2ccccc2)(c2ccc(F)cc2)c2cc(F)cc(OC(F)(F)C(F)F)c2)CC1. The van der Waals surface area contributed by atoms with Crippen LogP contribution in [-0.2, 0) is 12.0 Å². The van der Waals surface area contributed by atoms with E-state index in [0.717, 1.165) is 30.3 Å². The summed E-state index contributed by atoms with van der Waals surface area (Å²) < 4.78 is 115. The number of alkyl halides is 6. The number of carbonyl (C=O) groups excluding carboxylic acids is 1. The molecule has 0 aromatic heterocycles. The molecule has 216 valence electrons. The summed E-state index contributed by atoms with van der Waals surface area (Å²) in [4.78, 5) is 13.3. The molecule has 4 rings (SSSR count). The van der Waals surface area contributed by atoms with Crippen LogP contribution in [0.3, 0.4) is 0 Å². The first-order valence-electron chi connectivity index (χ1n) is 12.1. The molecule has 5 nitrogen and oxygen atoms in total. The topological polar surface area (TPSA) is 74.2 Å². The fourth-order valence-corrected chi connectivity index (χ4v) is 4.46. The fraction of sp³-hybridized carbons (Fsp3) is 0.286. The Kier molecular flexibility index (Phi) is 7.89. The highest BCUT2D eigenvalue weighted by Crippen LogP contribution is 2.48. The lowest BCUT2D eigenvalue weighted by Gasteiger charge is -2.37. The predicted octanol–water partition coefficient (Wildman–Crippen LogP) is 6.68. The third-order valence-electron chi connectivity index (χ3n) is 6.69. The Bertz CT molecular complexity index is 1440. The molecule has 41 heavy (non-hydrogen) atoms. The monoisotopic (exact) mass is 583 g/mol. The number of nitrogens with one attached hydrogen (secondary N) is 2. The lowest BCUT2D eigenvalue weighted by Crippen LogP contribution is -2.58. The second kappa shape index (κ2) is 10.9. The number of amides is 2. The number of nitriles is 1. The molecule has 0 heterocycles. The van der Waals surface area contributed by atoms with Crippen molar-refractivity contribution in [2.45, 2.75) is 48.8 Å². The zero-order chi connectivity index (χ0) is 30.1. The second-order valence-electron chi connectivity index (χ2n) is 9.56. The van der Waals surface area contributed by atoms with E-state index in [1.54, 1.807) is 30.3 Å². The van der Waals surface area contributed by atoms with Crippen LogP contribution in [0.5, 0.6) is 5.75 Å². The smallest absolute Gasteiger partial charge is 0.428 e. The minimum absolute atomic E-state index is 0.0481. The maximum atomic E-state index is 14.8. The van der Waals surface area contributed by atoms with Crippen LogP contribution in [0.15, 0.2) is 72.8 Å². The van der Waals surface area contributed by atoms with Gasteiger partial charge in [0.2, 0.25) is 0 Å². The third-order valence-corrected chi connectivity index (χ3v) is 6.69. The highest BCUT2D eigenvalue weighted by atomic mass is 19.3. The Hall–Kier alpha value is -4.34. The average Bonchev–Trinajstić information content (AvgIpc) is 3.69. The number of hydrogen-bond acceptors (Lipinski definition) is 3. The molecular formula is C28H21F8N3O2. The van der Waals surface area contributed by atoms with E-state index in [1.807, 2.05) is 0 Å². The molecule has 1 aliphatic carbocycles. The van der Waals surface area contributed by atoms with Gasteiger partial charge in [-0.15, -0.1) is 0 Å². The largest absolute Gasteiger partial charge is 0.461 e. The van der Waals surface area contributed by atoms with E-state index in [-0.39, 0.29) is 30.4 Å². The number of ether oxygens (including phenoxy) is 1. The quantitative estimate of drug-likeness (QED) is 0.262. The van der Waals surface area contributed by atoms with Crippen LogP contribution in [0.25, 0.3) is 0 Å². The zero-order valence-electron chi connectivity index (χ0n) is 20.9. The Morgan fingerprint density at radius 2 is 1.56 bits per heavy atom. The summed E-state index contributed by atoms with van der Waals surface area (Å²) in [5, 5.41) is 13.5. The van der Waals surface area contributed by atoms with E-state index in [4.69, 9.17) is 5.26 Å². The highest BCUT2D eigenvalue weighted by molar-refractivity contribution is 5.78. The number of benzene rings is 3. The molecule has 2 N–H and O–H groups in total.